The predicted molar refractivity (Wildman–Crippen MR) is 80.5 cm³/mol. The van der Waals surface area contributed by atoms with E-state index in [-0.39, 0.29) is 11.5 Å². The van der Waals surface area contributed by atoms with Crippen LogP contribution in [0.25, 0.3) is 0 Å². The van der Waals surface area contributed by atoms with Gasteiger partial charge in [0.15, 0.2) is 0 Å². The van der Waals surface area contributed by atoms with Crippen LogP contribution in [0.2, 0.25) is 0 Å². The van der Waals surface area contributed by atoms with Crippen LogP contribution in [0.1, 0.15) is 33.6 Å². The molecule has 0 spiro atoms. The van der Waals surface area contributed by atoms with Gasteiger partial charge in [-0.25, -0.2) is 0 Å². The minimum Gasteiger partial charge on any atom is -0.390 e. The second-order valence-corrected chi connectivity index (χ2v) is 5.80. The van der Waals surface area contributed by atoms with Crippen LogP contribution in [0.5, 0.6) is 0 Å². The summed E-state index contributed by atoms with van der Waals surface area (Å²) in [5.74, 6) is 0. The van der Waals surface area contributed by atoms with Gasteiger partial charge in [0.05, 0.1) is 17.2 Å². The molecule has 1 N–H and O–H groups in total. The molecule has 0 saturated carbocycles. The van der Waals surface area contributed by atoms with Crippen LogP contribution in [0, 0.1) is 0 Å². The SMILES string of the molecule is C=CCC(O)C(C)OC(C)SC(=C)N(C)CCC. The molecule has 0 aromatic heterocycles. The number of rotatable bonds is 10. The Morgan fingerprint density at radius 1 is 1.50 bits per heavy atom. The van der Waals surface area contributed by atoms with Gasteiger partial charge in [-0.3, -0.25) is 0 Å². The lowest BCUT2D eigenvalue weighted by Crippen LogP contribution is -2.28. The maximum Gasteiger partial charge on any atom is 0.106 e. The highest BCUT2D eigenvalue weighted by Gasteiger charge is 2.17. The molecule has 0 amide bonds. The third-order valence-corrected chi connectivity index (χ3v) is 3.67. The van der Waals surface area contributed by atoms with E-state index >= 15 is 0 Å². The molecule has 18 heavy (non-hydrogen) atoms. The van der Waals surface area contributed by atoms with Crippen LogP contribution in [0.15, 0.2) is 24.3 Å². The molecule has 0 rings (SSSR count). The highest BCUT2D eigenvalue weighted by atomic mass is 32.2. The van der Waals surface area contributed by atoms with E-state index in [1.807, 2.05) is 20.9 Å². The Balaban J connectivity index is 4.05. The van der Waals surface area contributed by atoms with Gasteiger partial charge in [-0.1, -0.05) is 31.3 Å². The van der Waals surface area contributed by atoms with E-state index in [2.05, 4.69) is 25.0 Å². The summed E-state index contributed by atoms with van der Waals surface area (Å²) in [6.07, 6.45) is 2.66. The number of aliphatic hydroxyl groups is 1. The number of nitrogens with zero attached hydrogens (tertiary/aromatic N) is 1. The van der Waals surface area contributed by atoms with Gasteiger partial charge in [0.25, 0.3) is 0 Å². The second-order valence-electron chi connectivity index (χ2n) is 4.43. The monoisotopic (exact) mass is 273 g/mol. The molecule has 0 aromatic carbocycles. The van der Waals surface area contributed by atoms with E-state index < -0.39 is 6.10 Å². The van der Waals surface area contributed by atoms with Crippen molar-refractivity contribution in [2.75, 3.05) is 13.6 Å². The van der Waals surface area contributed by atoms with E-state index in [9.17, 15) is 5.11 Å². The molecular formula is C14H27NO2S. The van der Waals surface area contributed by atoms with Crippen molar-refractivity contribution >= 4 is 11.8 Å². The Morgan fingerprint density at radius 3 is 2.61 bits per heavy atom. The van der Waals surface area contributed by atoms with Crippen molar-refractivity contribution in [3.05, 3.63) is 24.3 Å². The van der Waals surface area contributed by atoms with Gasteiger partial charge in [-0.05, 0) is 26.7 Å². The fourth-order valence-corrected chi connectivity index (χ4v) is 2.41. The summed E-state index contributed by atoms with van der Waals surface area (Å²) in [5.41, 5.74) is -0.0220. The summed E-state index contributed by atoms with van der Waals surface area (Å²) in [6, 6.07) is 0. The maximum atomic E-state index is 9.76. The molecule has 0 aromatic rings. The van der Waals surface area contributed by atoms with Crippen molar-refractivity contribution in [3.63, 3.8) is 0 Å². The van der Waals surface area contributed by atoms with Crippen molar-refractivity contribution in [1.82, 2.24) is 4.90 Å². The normalized spacial score (nSPS) is 15.8. The van der Waals surface area contributed by atoms with E-state index in [4.69, 9.17) is 4.74 Å². The van der Waals surface area contributed by atoms with Gasteiger partial charge in [0.2, 0.25) is 0 Å². The topological polar surface area (TPSA) is 32.7 Å². The quantitative estimate of drug-likeness (QED) is 0.489. The Morgan fingerprint density at radius 2 is 2.11 bits per heavy atom. The van der Waals surface area contributed by atoms with Crippen molar-refractivity contribution in [1.29, 1.82) is 0 Å². The molecule has 0 fully saturated rings. The fourth-order valence-electron chi connectivity index (χ4n) is 1.52. The zero-order valence-electron chi connectivity index (χ0n) is 12.1. The zero-order valence-corrected chi connectivity index (χ0v) is 12.9. The summed E-state index contributed by atoms with van der Waals surface area (Å²) in [7, 11) is 2.03. The van der Waals surface area contributed by atoms with Gasteiger partial charge in [-0.15, -0.1) is 6.58 Å². The van der Waals surface area contributed by atoms with Crippen molar-refractivity contribution < 1.29 is 9.84 Å². The van der Waals surface area contributed by atoms with Gasteiger partial charge in [0, 0.05) is 13.6 Å². The number of ether oxygens (including phenoxy) is 1. The largest absolute Gasteiger partial charge is 0.390 e. The number of hydrogen-bond acceptors (Lipinski definition) is 4. The van der Waals surface area contributed by atoms with Crippen LogP contribution in [0.4, 0.5) is 0 Å². The van der Waals surface area contributed by atoms with Gasteiger partial charge in [0.1, 0.15) is 5.44 Å². The first-order chi connectivity index (χ1) is 8.42. The smallest absolute Gasteiger partial charge is 0.106 e. The van der Waals surface area contributed by atoms with Gasteiger partial charge < -0.3 is 14.7 Å². The Bertz CT molecular complexity index is 258. The fraction of sp³-hybridized carbons (Fsp3) is 0.714. The number of hydrogen-bond donors (Lipinski definition) is 1. The molecule has 0 heterocycles. The number of thioether (sulfide) groups is 1. The number of aliphatic hydroxyl groups excluding tert-OH is 1. The molecule has 3 nitrogen and oxygen atoms in total. The van der Waals surface area contributed by atoms with E-state index in [0.29, 0.717) is 6.42 Å². The van der Waals surface area contributed by atoms with Crippen molar-refractivity contribution in [2.45, 2.75) is 51.3 Å². The summed E-state index contributed by atoms with van der Waals surface area (Å²) in [4.78, 5) is 2.12. The summed E-state index contributed by atoms with van der Waals surface area (Å²) in [5, 5.41) is 10.8. The van der Waals surface area contributed by atoms with E-state index in [1.165, 1.54) is 0 Å². The molecule has 3 unspecified atom stereocenters. The summed E-state index contributed by atoms with van der Waals surface area (Å²) < 4.78 is 5.74. The lowest BCUT2D eigenvalue weighted by Gasteiger charge is -2.26. The molecule has 0 aliphatic carbocycles. The summed E-state index contributed by atoms with van der Waals surface area (Å²) >= 11 is 1.58. The lowest BCUT2D eigenvalue weighted by atomic mass is 10.1. The molecule has 0 radical (unpaired) electrons. The minimum atomic E-state index is -0.493. The first kappa shape index (κ1) is 17.6. The third kappa shape index (κ3) is 7.09. The second kappa shape index (κ2) is 9.48. The zero-order chi connectivity index (χ0) is 14.1. The van der Waals surface area contributed by atoms with Gasteiger partial charge >= 0.3 is 0 Å². The summed E-state index contributed by atoms with van der Waals surface area (Å²) in [6.45, 7) is 14.6. The molecule has 0 saturated heterocycles. The van der Waals surface area contributed by atoms with Gasteiger partial charge in [-0.2, -0.15) is 0 Å². The van der Waals surface area contributed by atoms with Crippen LogP contribution < -0.4 is 0 Å². The van der Waals surface area contributed by atoms with Crippen molar-refractivity contribution in [3.8, 4) is 0 Å². The molecule has 4 heteroatoms. The van der Waals surface area contributed by atoms with Crippen LogP contribution in [-0.4, -0.2) is 41.2 Å². The van der Waals surface area contributed by atoms with Crippen LogP contribution >= 0.6 is 11.8 Å². The van der Waals surface area contributed by atoms with Crippen molar-refractivity contribution in [2.24, 2.45) is 0 Å². The van der Waals surface area contributed by atoms with Crippen LogP contribution in [0.3, 0.4) is 0 Å². The lowest BCUT2D eigenvalue weighted by molar-refractivity contribution is -0.0309. The molecule has 3 atom stereocenters. The Hall–Kier alpha value is -0.450. The molecule has 0 aliphatic heterocycles. The Kier molecular flexibility index (Phi) is 9.24. The molecule has 106 valence electrons. The van der Waals surface area contributed by atoms with E-state index in [1.54, 1.807) is 17.8 Å². The predicted octanol–water partition coefficient (Wildman–Crippen LogP) is 3.22. The molecule has 0 bridgehead atoms. The third-order valence-electron chi connectivity index (χ3n) is 2.64. The molecule has 0 aliphatic rings. The van der Waals surface area contributed by atoms with Crippen LogP contribution in [-0.2, 0) is 4.74 Å². The first-order valence-corrected chi connectivity index (χ1v) is 7.31. The highest BCUT2D eigenvalue weighted by molar-refractivity contribution is 8.03. The minimum absolute atomic E-state index is 0.0220. The first-order valence-electron chi connectivity index (χ1n) is 6.43. The van der Waals surface area contributed by atoms with E-state index in [0.717, 1.165) is 18.0 Å². The average Bonchev–Trinajstić information content (AvgIpc) is 2.29. The average molecular weight is 273 g/mol. The Labute approximate surface area is 116 Å². The molecular weight excluding hydrogens is 246 g/mol. The standard InChI is InChI=1S/C14H27NO2S/c1-7-9-14(16)11(3)17-13(5)18-12(4)15(6)10-8-2/h7,11,13-14,16H,1,4,8-10H2,2-3,5-6H3. The maximum absolute atomic E-state index is 9.76. The highest BCUT2D eigenvalue weighted by Crippen LogP contribution is 2.25.